The molecule has 0 saturated heterocycles. The lowest BCUT2D eigenvalue weighted by atomic mass is 9.42. The first kappa shape index (κ1) is 25.3. The van der Waals surface area contributed by atoms with Crippen molar-refractivity contribution >= 4 is 52.7 Å². The summed E-state index contributed by atoms with van der Waals surface area (Å²) in [6.45, 7) is -0.580. The van der Waals surface area contributed by atoms with Gasteiger partial charge in [0.2, 0.25) is 0 Å². The third kappa shape index (κ3) is 3.33. The fraction of sp³-hybridized carbons (Fsp3) is 0. The van der Waals surface area contributed by atoms with Crippen molar-refractivity contribution in [2.24, 2.45) is 0 Å². The minimum absolute atomic E-state index is 0.290. The summed E-state index contributed by atoms with van der Waals surface area (Å²) in [6, 6.07) is 54.3. The first-order valence-corrected chi connectivity index (χ1v) is 16.2. The Morgan fingerprint density at radius 3 is 1.28 bits per heavy atom. The molecule has 0 aromatic heterocycles. The van der Waals surface area contributed by atoms with Crippen LogP contribution in [0.15, 0.2) is 152 Å². The van der Waals surface area contributed by atoms with Gasteiger partial charge in [0.1, 0.15) is 11.5 Å². The lowest BCUT2D eigenvalue weighted by Gasteiger charge is -2.47. The van der Waals surface area contributed by atoms with Crippen molar-refractivity contribution in [2.45, 2.75) is 0 Å². The quantitative estimate of drug-likeness (QED) is 0.194. The average Bonchev–Trinajstić information content (AvgIpc) is 3.14. The third-order valence-corrected chi connectivity index (χ3v) is 10.3. The van der Waals surface area contributed by atoms with Crippen LogP contribution < -0.4 is 36.1 Å². The molecular formula is C42H25B2NO2. The van der Waals surface area contributed by atoms with Crippen molar-refractivity contribution in [3.63, 3.8) is 0 Å². The van der Waals surface area contributed by atoms with E-state index in [1.807, 2.05) is 0 Å². The van der Waals surface area contributed by atoms with Crippen LogP contribution in [0.3, 0.4) is 0 Å². The van der Waals surface area contributed by atoms with Gasteiger partial charge in [0.05, 0.1) is 0 Å². The molecule has 0 aliphatic carbocycles. The van der Waals surface area contributed by atoms with Crippen LogP contribution in [-0.2, 0) is 0 Å². The van der Waals surface area contributed by atoms with Crippen molar-refractivity contribution < 1.29 is 9.31 Å². The Morgan fingerprint density at radius 1 is 0.362 bits per heavy atom. The van der Waals surface area contributed by atoms with E-state index in [-0.39, 0.29) is 13.8 Å². The van der Waals surface area contributed by atoms with Gasteiger partial charge in [-0.1, -0.05) is 121 Å². The highest BCUT2D eigenvalue weighted by Gasteiger charge is 2.52. The van der Waals surface area contributed by atoms with Crippen LogP contribution in [0.1, 0.15) is 0 Å². The number of hydrogen-bond donors (Lipinski definition) is 0. The number of nitrogens with zero attached hydrogens (tertiary/aromatic N) is 1. The maximum absolute atomic E-state index is 7.13. The number of para-hydroxylation sites is 2. The summed E-state index contributed by atoms with van der Waals surface area (Å²) in [5.74, 6) is 1.83. The molecule has 0 bridgehead atoms. The molecule has 11 rings (SSSR count). The van der Waals surface area contributed by atoms with E-state index in [0.717, 1.165) is 39.7 Å². The van der Waals surface area contributed by atoms with Crippen LogP contribution in [0.2, 0.25) is 0 Å². The van der Waals surface area contributed by atoms with E-state index in [1.165, 1.54) is 55.2 Å². The number of fused-ring (bicyclic) bond motifs is 8. The zero-order chi connectivity index (χ0) is 30.6. The van der Waals surface area contributed by atoms with Crippen LogP contribution in [0.25, 0.3) is 44.5 Å². The van der Waals surface area contributed by atoms with E-state index >= 15 is 0 Å². The highest BCUT2D eigenvalue weighted by Crippen LogP contribution is 2.48. The lowest BCUT2D eigenvalue weighted by Crippen LogP contribution is -2.64. The molecule has 0 amide bonds. The van der Waals surface area contributed by atoms with E-state index in [2.05, 4.69) is 157 Å². The molecule has 47 heavy (non-hydrogen) atoms. The first-order chi connectivity index (χ1) is 23.3. The highest BCUT2D eigenvalue weighted by atomic mass is 16.4. The number of rotatable bonds is 2. The summed E-state index contributed by atoms with van der Waals surface area (Å²) in [6.07, 6.45) is 0. The molecule has 4 aliphatic heterocycles. The van der Waals surface area contributed by atoms with Gasteiger partial charge in [-0.05, 0) is 63.7 Å². The van der Waals surface area contributed by atoms with Crippen molar-refractivity contribution in [1.82, 2.24) is 0 Å². The van der Waals surface area contributed by atoms with Crippen molar-refractivity contribution in [3.05, 3.63) is 152 Å². The largest absolute Gasteiger partial charge is 0.551 e. The zero-order valence-electron chi connectivity index (χ0n) is 25.4. The van der Waals surface area contributed by atoms with Gasteiger partial charge in [-0.3, -0.25) is 0 Å². The Morgan fingerprint density at radius 2 is 0.787 bits per heavy atom. The number of anilines is 3. The summed E-state index contributed by atoms with van der Waals surface area (Å²) in [5.41, 5.74) is 17.7. The average molecular weight is 597 g/mol. The standard InChI is InChI=1S/C42H25B2NO2/c1-3-13-26(14-4-1)32-25-33(27-15-5-2-6-16-27)41-42-40(32)43-38-30(28-17-7-9-23-36(28)46-43)19-11-21-34(38)45(42)35-22-12-20-31-29-18-8-10-24-37(29)47-44(41)39(31)35/h1-25H. The topological polar surface area (TPSA) is 21.7 Å². The molecule has 0 spiro atoms. The molecule has 0 saturated carbocycles. The molecule has 3 nitrogen and oxygen atoms in total. The summed E-state index contributed by atoms with van der Waals surface area (Å²) in [5, 5.41) is 0. The van der Waals surface area contributed by atoms with Crippen LogP contribution in [0.4, 0.5) is 17.1 Å². The molecule has 7 aromatic carbocycles. The van der Waals surface area contributed by atoms with Crippen LogP contribution in [-0.4, -0.2) is 13.8 Å². The number of benzene rings is 7. The second-order valence-corrected chi connectivity index (χ2v) is 12.7. The summed E-state index contributed by atoms with van der Waals surface area (Å²) in [7, 11) is 0. The monoisotopic (exact) mass is 597 g/mol. The maximum Gasteiger partial charge on any atom is 0.432 e. The minimum atomic E-state index is -0.290. The molecule has 0 radical (unpaired) electrons. The molecule has 0 atom stereocenters. The van der Waals surface area contributed by atoms with E-state index in [4.69, 9.17) is 9.31 Å². The Kier molecular flexibility index (Phi) is 5.01. The van der Waals surface area contributed by atoms with Gasteiger partial charge in [0.25, 0.3) is 0 Å². The predicted molar refractivity (Wildman–Crippen MR) is 194 cm³/mol. The van der Waals surface area contributed by atoms with Gasteiger partial charge in [-0.2, -0.15) is 0 Å². The Balaban J connectivity index is 1.33. The van der Waals surface area contributed by atoms with Gasteiger partial charge < -0.3 is 14.2 Å². The Labute approximate surface area is 273 Å². The molecule has 5 heteroatoms. The van der Waals surface area contributed by atoms with Gasteiger partial charge in [0.15, 0.2) is 0 Å². The number of hydrogen-bond acceptors (Lipinski definition) is 3. The molecule has 4 aliphatic rings. The van der Waals surface area contributed by atoms with Gasteiger partial charge in [0, 0.05) is 50.0 Å². The van der Waals surface area contributed by atoms with E-state index in [1.54, 1.807) is 0 Å². The van der Waals surface area contributed by atoms with E-state index < -0.39 is 0 Å². The molecule has 0 unspecified atom stereocenters. The molecule has 216 valence electrons. The SMILES string of the molecule is c1ccc(-c2cc(-c3ccccc3)c3c4c2B2Oc5ccccc5-c5cccc(c52)N4c2cccc4c2B3Oc2ccccc2-4)cc1. The fourth-order valence-corrected chi connectivity index (χ4v) is 8.43. The smallest absolute Gasteiger partial charge is 0.432 e. The summed E-state index contributed by atoms with van der Waals surface area (Å²) in [4.78, 5) is 2.52. The second kappa shape index (κ2) is 9.31. The van der Waals surface area contributed by atoms with E-state index in [0.29, 0.717) is 0 Å². The molecule has 7 aromatic rings. The van der Waals surface area contributed by atoms with Crippen LogP contribution in [0, 0.1) is 0 Å². The van der Waals surface area contributed by atoms with Gasteiger partial charge in [-0.25, -0.2) is 0 Å². The zero-order valence-corrected chi connectivity index (χ0v) is 25.4. The summed E-state index contributed by atoms with van der Waals surface area (Å²) >= 11 is 0. The normalized spacial score (nSPS) is 13.7. The lowest BCUT2D eigenvalue weighted by molar-refractivity contribution is 0.588. The highest BCUT2D eigenvalue weighted by molar-refractivity contribution is 6.92. The van der Waals surface area contributed by atoms with Crippen molar-refractivity contribution in [3.8, 4) is 56.0 Å². The molecule has 0 N–H and O–H groups in total. The maximum atomic E-state index is 7.13. The molecule has 4 heterocycles. The van der Waals surface area contributed by atoms with Crippen LogP contribution in [0.5, 0.6) is 11.5 Å². The first-order valence-electron chi connectivity index (χ1n) is 16.2. The Hall–Kier alpha value is -5.93. The fourth-order valence-electron chi connectivity index (χ4n) is 8.43. The summed E-state index contributed by atoms with van der Waals surface area (Å²) < 4.78 is 14.3. The van der Waals surface area contributed by atoms with Gasteiger partial charge >= 0.3 is 13.8 Å². The third-order valence-electron chi connectivity index (χ3n) is 10.3. The van der Waals surface area contributed by atoms with Crippen molar-refractivity contribution in [2.75, 3.05) is 4.90 Å². The van der Waals surface area contributed by atoms with Gasteiger partial charge in [-0.15, -0.1) is 0 Å². The minimum Gasteiger partial charge on any atom is -0.551 e. The molecule has 0 fully saturated rings. The van der Waals surface area contributed by atoms with E-state index in [9.17, 15) is 0 Å². The molecular weight excluding hydrogens is 572 g/mol. The second-order valence-electron chi connectivity index (χ2n) is 12.7. The Bertz CT molecular complexity index is 2280. The van der Waals surface area contributed by atoms with Crippen LogP contribution >= 0.6 is 0 Å². The predicted octanol–water partition coefficient (Wildman–Crippen LogP) is 7.45. The van der Waals surface area contributed by atoms with Crippen molar-refractivity contribution in [1.29, 1.82) is 0 Å².